The van der Waals surface area contributed by atoms with Crippen LogP contribution in [0.15, 0.2) is 17.1 Å². The molecule has 5 atom stereocenters. The van der Waals surface area contributed by atoms with Gasteiger partial charge in [-0.1, -0.05) is 31.4 Å². The maximum atomic E-state index is 12.7. The van der Waals surface area contributed by atoms with E-state index in [4.69, 9.17) is 0 Å². The number of carbonyl (C=O) groups excluding carboxylic acids is 1. The Morgan fingerprint density at radius 3 is 2.68 bits per heavy atom. The van der Waals surface area contributed by atoms with Crippen LogP contribution in [0.25, 0.3) is 0 Å². The molecule has 2 heterocycles. The van der Waals surface area contributed by atoms with Crippen molar-refractivity contribution in [3.05, 3.63) is 12.2 Å². The van der Waals surface area contributed by atoms with Crippen LogP contribution in [0.2, 0.25) is 0 Å². The summed E-state index contributed by atoms with van der Waals surface area (Å²) in [4.78, 5) is 17.1. The molecule has 2 aliphatic heterocycles. The molecule has 5 N–H and O–H groups in total. The van der Waals surface area contributed by atoms with Crippen molar-refractivity contribution in [3.8, 4) is 0 Å². The molecule has 0 radical (unpaired) electrons. The highest BCUT2D eigenvalue weighted by molar-refractivity contribution is 5.92. The van der Waals surface area contributed by atoms with Crippen molar-refractivity contribution in [2.75, 3.05) is 6.54 Å². The molecule has 2 fully saturated rings. The van der Waals surface area contributed by atoms with E-state index in [-0.39, 0.29) is 11.9 Å². The number of hydrogen-bond donors (Lipinski definition) is 5. The maximum absolute atomic E-state index is 12.7. The Morgan fingerprint density at radius 1 is 1.24 bits per heavy atom. The standard InChI is InChI=1S/C18H30N4O3/c1-11(12-7-3-2-4-8-12)20-17(24)14-15(23)18(25)22-16(21-14)13-9-5-6-10-19-13/h5-6,11-12,14-16,18,21-23,25H,2-4,7-10H2,1H3,(H,20,24)/t11-,14?,15?,16?,18?/m1/s1. The fraction of sp³-hybridized carbons (Fsp3) is 0.778. The third kappa shape index (κ3) is 4.47. The first-order valence-electron chi connectivity index (χ1n) is 9.43. The lowest BCUT2D eigenvalue weighted by atomic mass is 9.84. The number of aliphatic hydroxyl groups is 2. The second-order valence-electron chi connectivity index (χ2n) is 7.38. The lowest BCUT2D eigenvalue weighted by molar-refractivity contribution is -0.133. The molecular weight excluding hydrogens is 320 g/mol. The number of nitrogens with one attached hydrogen (secondary N) is 3. The Morgan fingerprint density at radius 2 is 2.00 bits per heavy atom. The number of carbonyl (C=O) groups is 1. The van der Waals surface area contributed by atoms with E-state index < -0.39 is 24.5 Å². The van der Waals surface area contributed by atoms with E-state index in [0.29, 0.717) is 18.9 Å². The van der Waals surface area contributed by atoms with Crippen LogP contribution in [-0.4, -0.2) is 59.0 Å². The predicted molar refractivity (Wildman–Crippen MR) is 96.1 cm³/mol. The highest BCUT2D eigenvalue weighted by Gasteiger charge is 2.41. The Balaban J connectivity index is 1.61. The molecule has 1 aliphatic carbocycles. The normalized spacial score (nSPS) is 35.1. The first-order chi connectivity index (χ1) is 12.1. The van der Waals surface area contributed by atoms with Crippen LogP contribution < -0.4 is 16.0 Å². The van der Waals surface area contributed by atoms with E-state index >= 15 is 0 Å². The van der Waals surface area contributed by atoms with Gasteiger partial charge in [0.05, 0.1) is 12.7 Å². The molecule has 4 unspecified atom stereocenters. The maximum Gasteiger partial charge on any atom is 0.240 e. The zero-order chi connectivity index (χ0) is 17.8. The third-order valence-electron chi connectivity index (χ3n) is 5.58. The fourth-order valence-corrected chi connectivity index (χ4v) is 3.99. The quantitative estimate of drug-likeness (QED) is 0.460. The number of hydrogen-bond acceptors (Lipinski definition) is 6. The van der Waals surface area contributed by atoms with Crippen LogP contribution in [0, 0.1) is 5.92 Å². The van der Waals surface area contributed by atoms with Gasteiger partial charge in [0, 0.05) is 18.2 Å². The first-order valence-corrected chi connectivity index (χ1v) is 9.43. The summed E-state index contributed by atoms with van der Waals surface area (Å²) in [5.41, 5.74) is 0.839. The highest BCUT2D eigenvalue weighted by Crippen LogP contribution is 2.26. The number of aliphatic imine (C=N–C) groups is 1. The number of rotatable bonds is 4. The third-order valence-corrected chi connectivity index (χ3v) is 5.58. The summed E-state index contributed by atoms with van der Waals surface area (Å²) in [6, 6.07) is -0.789. The van der Waals surface area contributed by atoms with E-state index in [9.17, 15) is 15.0 Å². The van der Waals surface area contributed by atoms with E-state index in [1.807, 2.05) is 19.1 Å². The molecule has 0 aromatic heterocycles. The molecule has 25 heavy (non-hydrogen) atoms. The molecule has 0 aromatic rings. The SMILES string of the molecule is C[C@@H](NC(=O)C1NC(C2=NCC=CC2)NC(O)C1O)C1CCCCC1. The molecular formula is C18H30N4O3. The van der Waals surface area contributed by atoms with Gasteiger partial charge in [0.25, 0.3) is 0 Å². The summed E-state index contributed by atoms with van der Waals surface area (Å²) >= 11 is 0. The van der Waals surface area contributed by atoms with Crippen LogP contribution in [0.4, 0.5) is 0 Å². The number of dihydropyridines is 1. The molecule has 0 bridgehead atoms. The Hall–Kier alpha value is -1.28. The Labute approximate surface area is 149 Å². The van der Waals surface area contributed by atoms with Crippen molar-refractivity contribution in [2.45, 2.75) is 76.0 Å². The van der Waals surface area contributed by atoms with Gasteiger partial charge in [-0.2, -0.15) is 0 Å². The Kier molecular flexibility index (Phi) is 6.22. The molecule has 1 saturated heterocycles. The highest BCUT2D eigenvalue weighted by atomic mass is 16.3. The van der Waals surface area contributed by atoms with Crippen molar-refractivity contribution in [1.29, 1.82) is 0 Å². The van der Waals surface area contributed by atoms with Gasteiger partial charge in [-0.3, -0.25) is 20.4 Å². The van der Waals surface area contributed by atoms with Crippen LogP contribution in [0.1, 0.15) is 45.4 Å². The molecule has 7 heteroatoms. The minimum absolute atomic E-state index is 0.0715. The van der Waals surface area contributed by atoms with E-state index in [1.54, 1.807) is 0 Å². The first kappa shape index (κ1) is 18.5. The second-order valence-corrected chi connectivity index (χ2v) is 7.38. The predicted octanol–water partition coefficient (Wildman–Crippen LogP) is 0.0391. The zero-order valence-corrected chi connectivity index (χ0v) is 14.8. The van der Waals surface area contributed by atoms with Crippen LogP contribution >= 0.6 is 0 Å². The average Bonchev–Trinajstić information content (AvgIpc) is 2.65. The summed E-state index contributed by atoms with van der Waals surface area (Å²) in [7, 11) is 0. The topological polar surface area (TPSA) is 106 Å². The zero-order valence-electron chi connectivity index (χ0n) is 14.8. The molecule has 1 amide bonds. The number of aliphatic hydroxyl groups excluding tert-OH is 2. The van der Waals surface area contributed by atoms with Gasteiger partial charge < -0.3 is 15.5 Å². The van der Waals surface area contributed by atoms with Crippen molar-refractivity contribution < 1.29 is 15.0 Å². The molecule has 1 saturated carbocycles. The van der Waals surface area contributed by atoms with Gasteiger partial charge >= 0.3 is 0 Å². The van der Waals surface area contributed by atoms with Crippen molar-refractivity contribution in [2.24, 2.45) is 10.9 Å². The van der Waals surface area contributed by atoms with Gasteiger partial charge in [0.2, 0.25) is 5.91 Å². The summed E-state index contributed by atoms with van der Waals surface area (Å²) in [5.74, 6) is 0.230. The molecule has 3 rings (SSSR count). The van der Waals surface area contributed by atoms with Crippen molar-refractivity contribution >= 4 is 11.6 Å². The van der Waals surface area contributed by atoms with Gasteiger partial charge in [-0.25, -0.2) is 0 Å². The largest absolute Gasteiger partial charge is 0.387 e. The van der Waals surface area contributed by atoms with E-state index in [0.717, 1.165) is 18.6 Å². The van der Waals surface area contributed by atoms with Gasteiger partial charge in [-0.15, -0.1) is 0 Å². The van der Waals surface area contributed by atoms with E-state index in [1.165, 1.54) is 19.3 Å². The van der Waals surface area contributed by atoms with Crippen LogP contribution in [-0.2, 0) is 4.79 Å². The molecule has 0 aromatic carbocycles. The summed E-state index contributed by atoms with van der Waals surface area (Å²) in [6.45, 7) is 2.63. The number of amides is 1. The summed E-state index contributed by atoms with van der Waals surface area (Å²) in [6.07, 6.45) is 7.86. The van der Waals surface area contributed by atoms with Gasteiger partial charge in [0.15, 0.2) is 0 Å². The van der Waals surface area contributed by atoms with Gasteiger partial charge in [-0.05, 0) is 25.7 Å². The lowest BCUT2D eigenvalue weighted by Gasteiger charge is -2.40. The lowest BCUT2D eigenvalue weighted by Crippen LogP contribution is -2.71. The summed E-state index contributed by atoms with van der Waals surface area (Å²) < 4.78 is 0. The number of allylic oxidation sites excluding steroid dienone is 1. The molecule has 3 aliphatic rings. The fourth-order valence-electron chi connectivity index (χ4n) is 3.99. The van der Waals surface area contributed by atoms with Crippen molar-refractivity contribution in [1.82, 2.24) is 16.0 Å². The number of nitrogens with zero attached hydrogens (tertiary/aromatic N) is 1. The minimum atomic E-state index is -1.20. The molecule has 0 spiro atoms. The minimum Gasteiger partial charge on any atom is -0.387 e. The van der Waals surface area contributed by atoms with Crippen LogP contribution in [0.3, 0.4) is 0 Å². The Bertz CT molecular complexity index is 530. The van der Waals surface area contributed by atoms with E-state index in [2.05, 4.69) is 20.9 Å². The second kappa shape index (κ2) is 8.40. The molecule has 7 nitrogen and oxygen atoms in total. The average molecular weight is 350 g/mol. The monoisotopic (exact) mass is 350 g/mol. The van der Waals surface area contributed by atoms with Gasteiger partial charge in [0.1, 0.15) is 18.4 Å². The molecule has 140 valence electrons. The van der Waals surface area contributed by atoms with Crippen molar-refractivity contribution in [3.63, 3.8) is 0 Å². The smallest absolute Gasteiger partial charge is 0.240 e. The van der Waals surface area contributed by atoms with Crippen LogP contribution in [0.5, 0.6) is 0 Å². The summed E-state index contributed by atoms with van der Waals surface area (Å²) in [5, 5.41) is 29.4.